The van der Waals surface area contributed by atoms with Gasteiger partial charge in [-0.15, -0.1) is 0 Å². The number of urea groups is 1. The zero-order valence-corrected chi connectivity index (χ0v) is 14.1. The maximum absolute atomic E-state index is 12.1. The molecular formula is C13H22N6O3S. The van der Waals surface area contributed by atoms with Gasteiger partial charge in [0.2, 0.25) is 11.1 Å². The molecule has 1 aromatic heterocycles. The summed E-state index contributed by atoms with van der Waals surface area (Å²) in [6.07, 6.45) is 0.387. The van der Waals surface area contributed by atoms with E-state index in [1.807, 2.05) is 4.90 Å². The van der Waals surface area contributed by atoms with Crippen molar-refractivity contribution in [3.05, 3.63) is 0 Å². The van der Waals surface area contributed by atoms with Gasteiger partial charge < -0.3 is 26.0 Å². The first-order chi connectivity index (χ1) is 10.8. The van der Waals surface area contributed by atoms with Crippen molar-refractivity contribution in [1.82, 2.24) is 19.6 Å². The molecule has 9 nitrogen and oxygen atoms in total. The topological polar surface area (TPSA) is 125 Å². The maximum atomic E-state index is 12.1. The van der Waals surface area contributed by atoms with E-state index in [1.54, 1.807) is 18.7 Å². The summed E-state index contributed by atoms with van der Waals surface area (Å²) in [6, 6.07) is -0.164. The van der Waals surface area contributed by atoms with E-state index in [9.17, 15) is 9.59 Å². The molecular weight excluding hydrogens is 320 g/mol. The molecule has 1 fully saturated rings. The van der Waals surface area contributed by atoms with Crippen LogP contribution in [-0.4, -0.2) is 64.1 Å². The van der Waals surface area contributed by atoms with Crippen molar-refractivity contribution in [3.63, 3.8) is 0 Å². The van der Waals surface area contributed by atoms with Crippen LogP contribution >= 0.6 is 11.5 Å². The van der Waals surface area contributed by atoms with E-state index in [0.29, 0.717) is 39.1 Å². The summed E-state index contributed by atoms with van der Waals surface area (Å²) in [5.41, 5.74) is 4.67. The van der Waals surface area contributed by atoms with Crippen LogP contribution in [0.1, 0.15) is 20.3 Å². The van der Waals surface area contributed by atoms with Gasteiger partial charge in [0.15, 0.2) is 0 Å². The molecule has 0 aromatic carbocycles. The van der Waals surface area contributed by atoms with E-state index in [-0.39, 0.29) is 12.0 Å². The molecule has 0 unspecified atom stereocenters. The summed E-state index contributed by atoms with van der Waals surface area (Å²) < 4.78 is 3.95. The third-order valence-electron chi connectivity index (χ3n) is 3.87. The number of carbonyl (C=O) groups excluding carboxylic acids is 1. The van der Waals surface area contributed by atoms with Crippen LogP contribution in [0.2, 0.25) is 0 Å². The fraction of sp³-hybridized carbons (Fsp3) is 0.692. The number of nitrogens with two attached hydrogens (primary N) is 1. The minimum Gasteiger partial charge on any atom is -0.481 e. The number of anilines is 2. The summed E-state index contributed by atoms with van der Waals surface area (Å²) >= 11 is 1.25. The summed E-state index contributed by atoms with van der Waals surface area (Å²) in [5.74, 6) is -0.595. The Hall–Kier alpha value is -2.10. The number of aromatic nitrogens is 2. The Morgan fingerprint density at radius 3 is 2.52 bits per heavy atom. The zero-order valence-electron chi connectivity index (χ0n) is 13.3. The van der Waals surface area contributed by atoms with Gasteiger partial charge in [-0.3, -0.25) is 4.79 Å². The third kappa shape index (κ3) is 4.44. The Morgan fingerprint density at radius 2 is 2.00 bits per heavy atom. The number of nitrogen functional groups attached to an aromatic ring is 1. The molecule has 0 radical (unpaired) electrons. The van der Waals surface area contributed by atoms with Gasteiger partial charge in [0, 0.05) is 44.3 Å². The number of nitrogens with one attached hydrogen (secondary N) is 1. The number of nitrogens with zero attached hydrogens (tertiary/aromatic N) is 4. The van der Waals surface area contributed by atoms with Crippen LogP contribution < -0.4 is 16.0 Å². The molecule has 0 spiro atoms. The van der Waals surface area contributed by atoms with Gasteiger partial charge in [0.05, 0.1) is 5.41 Å². The molecule has 0 atom stereocenters. The molecule has 0 bridgehead atoms. The first-order valence-corrected chi connectivity index (χ1v) is 8.17. The second-order valence-corrected chi connectivity index (χ2v) is 6.81. The first-order valence-electron chi connectivity index (χ1n) is 7.40. The Kier molecular flexibility index (Phi) is 5.24. The normalized spacial score (nSPS) is 15.6. The largest absolute Gasteiger partial charge is 0.481 e. The van der Waals surface area contributed by atoms with Crippen LogP contribution in [0.25, 0.3) is 0 Å². The van der Waals surface area contributed by atoms with Crippen molar-refractivity contribution in [1.29, 1.82) is 0 Å². The van der Waals surface area contributed by atoms with Crippen molar-refractivity contribution in [3.8, 4) is 0 Å². The van der Waals surface area contributed by atoms with E-state index in [0.717, 1.165) is 5.13 Å². The van der Waals surface area contributed by atoms with E-state index in [4.69, 9.17) is 10.8 Å². The summed E-state index contributed by atoms with van der Waals surface area (Å²) in [6.45, 7) is 6.12. The molecule has 1 aliphatic heterocycles. The molecule has 1 aromatic rings. The minimum absolute atomic E-state index is 0.164. The molecule has 10 heteroatoms. The van der Waals surface area contributed by atoms with E-state index < -0.39 is 11.4 Å². The number of carboxylic acid groups (broad SMARTS) is 1. The van der Waals surface area contributed by atoms with Gasteiger partial charge >= 0.3 is 12.0 Å². The number of rotatable bonds is 5. The number of amides is 2. The Balaban J connectivity index is 1.74. The SMILES string of the molecule is CC(C)(CCNC(=O)N1CCN(c2nc(N)ns2)CC1)C(=O)O. The first kappa shape index (κ1) is 17.3. The fourth-order valence-electron chi connectivity index (χ4n) is 2.16. The van der Waals surface area contributed by atoms with Crippen LogP contribution in [-0.2, 0) is 4.79 Å². The number of aliphatic carboxylic acids is 1. The third-order valence-corrected chi connectivity index (χ3v) is 4.66. The van der Waals surface area contributed by atoms with E-state index >= 15 is 0 Å². The van der Waals surface area contributed by atoms with Gasteiger partial charge in [-0.2, -0.15) is 9.36 Å². The van der Waals surface area contributed by atoms with Gasteiger partial charge in [-0.25, -0.2) is 4.79 Å². The maximum Gasteiger partial charge on any atom is 0.317 e. The van der Waals surface area contributed by atoms with Crippen LogP contribution in [0.5, 0.6) is 0 Å². The smallest absolute Gasteiger partial charge is 0.317 e. The monoisotopic (exact) mass is 342 g/mol. The highest BCUT2D eigenvalue weighted by Gasteiger charge is 2.27. The molecule has 2 amide bonds. The molecule has 1 saturated heterocycles. The average molecular weight is 342 g/mol. The van der Waals surface area contributed by atoms with Crippen molar-refractivity contribution >= 4 is 34.6 Å². The van der Waals surface area contributed by atoms with Crippen LogP contribution in [0, 0.1) is 5.41 Å². The molecule has 23 heavy (non-hydrogen) atoms. The Bertz CT molecular complexity index is 568. The Morgan fingerprint density at radius 1 is 1.35 bits per heavy atom. The highest BCUT2D eigenvalue weighted by Crippen LogP contribution is 2.20. The summed E-state index contributed by atoms with van der Waals surface area (Å²) in [5, 5.41) is 12.6. The van der Waals surface area contributed by atoms with Gasteiger partial charge in [0.25, 0.3) is 0 Å². The lowest BCUT2D eigenvalue weighted by Gasteiger charge is -2.34. The van der Waals surface area contributed by atoms with Gasteiger partial charge in [0.1, 0.15) is 0 Å². The molecule has 128 valence electrons. The second-order valence-electron chi connectivity index (χ2n) is 6.08. The van der Waals surface area contributed by atoms with Crippen LogP contribution in [0.3, 0.4) is 0 Å². The zero-order chi connectivity index (χ0) is 17.0. The molecule has 2 rings (SSSR count). The lowest BCUT2D eigenvalue weighted by molar-refractivity contribution is -0.147. The molecule has 0 saturated carbocycles. The fourth-order valence-corrected chi connectivity index (χ4v) is 2.80. The molecule has 1 aliphatic rings. The van der Waals surface area contributed by atoms with Crippen molar-refractivity contribution in [2.45, 2.75) is 20.3 Å². The van der Waals surface area contributed by atoms with Gasteiger partial charge in [-0.1, -0.05) is 0 Å². The highest BCUT2D eigenvalue weighted by molar-refractivity contribution is 7.09. The van der Waals surface area contributed by atoms with E-state index in [2.05, 4.69) is 14.7 Å². The summed E-state index contributed by atoms with van der Waals surface area (Å²) in [7, 11) is 0. The molecule has 0 aliphatic carbocycles. The van der Waals surface area contributed by atoms with Gasteiger partial charge in [-0.05, 0) is 20.3 Å². The number of carboxylic acids is 1. The molecule has 4 N–H and O–H groups in total. The lowest BCUT2D eigenvalue weighted by Crippen LogP contribution is -2.52. The predicted octanol–water partition coefficient (Wildman–Crippen LogP) is 0.453. The second kappa shape index (κ2) is 6.99. The Labute approximate surface area is 138 Å². The van der Waals surface area contributed by atoms with Crippen molar-refractivity contribution in [2.75, 3.05) is 43.4 Å². The molecule has 2 heterocycles. The van der Waals surface area contributed by atoms with Crippen LogP contribution in [0.15, 0.2) is 0 Å². The van der Waals surface area contributed by atoms with Crippen LogP contribution in [0.4, 0.5) is 15.9 Å². The minimum atomic E-state index is -0.864. The lowest BCUT2D eigenvalue weighted by atomic mass is 9.90. The number of piperazine rings is 1. The average Bonchev–Trinajstić information content (AvgIpc) is 2.93. The quantitative estimate of drug-likeness (QED) is 0.709. The van der Waals surface area contributed by atoms with E-state index in [1.165, 1.54) is 11.5 Å². The number of hydrogen-bond acceptors (Lipinski definition) is 7. The number of hydrogen-bond donors (Lipinski definition) is 3. The van der Waals surface area contributed by atoms with Crippen molar-refractivity contribution < 1.29 is 14.7 Å². The number of carbonyl (C=O) groups is 2. The standard InChI is InChI=1S/C13H22N6O3S/c1-13(2,9(20)21)3-4-15-11(22)18-5-7-19(8-6-18)12-16-10(14)17-23-12/h3-8H2,1-2H3,(H2,14,17)(H,15,22)(H,20,21). The highest BCUT2D eigenvalue weighted by atomic mass is 32.1. The van der Waals surface area contributed by atoms with Crippen molar-refractivity contribution in [2.24, 2.45) is 5.41 Å². The predicted molar refractivity (Wildman–Crippen MR) is 87.5 cm³/mol. The summed E-state index contributed by atoms with van der Waals surface area (Å²) in [4.78, 5) is 31.0.